The van der Waals surface area contributed by atoms with Gasteiger partial charge in [-0.1, -0.05) is 6.07 Å². The van der Waals surface area contributed by atoms with Crippen LogP contribution < -0.4 is 10.1 Å². The van der Waals surface area contributed by atoms with E-state index in [0.717, 1.165) is 11.0 Å². The van der Waals surface area contributed by atoms with Gasteiger partial charge in [0.05, 0.1) is 20.1 Å². The predicted molar refractivity (Wildman–Crippen MR) is 73.4 cm³/mol. The molecule has 2 amide bonds. The number of rotatable bonds is 6. The number of carbonyl (C=O) groups is 2. The molecule has 23 heavy (non-hydrogen) atoms. The number of nitrogens with one attached hydrogen (secondary N) is 1. The molecule has 1 aromatic carbocycles. The number of ether oxygens (including phenoxy) is 1. The molecule has 0 aliphatic rings. The van der Waals surface area contributed by atoms with Crippen LogP contribution in [0.4, 0.5) is 17.6 Å². The van der Waals surface area contributed by atoms with E-state index in [1.807, 2.05) is 0 Å². The van der Waals surface area contributed by atoms with Crippen molar-refractivity contribution in [3.63, 3.8) is 0 Å². The minimum Gasteiger partial charge on any atom is -0.494 e. The van der Waals surface area contributed by atoms with Crippen molar-refractivity contribution in [1.82, 2.24) is 10.2 Å². The van der Waals surface area contributed by atoms with Gasteiger partial charge in [0.1, 0.15) is 6.54 Å². The van der Waals surface area contributed by atoms with E-state index in [-0.39, 0.29) is 12.2 Å². The van der Waals surface area contributed by atoms with Crippen LogP contribution in [0.3, 0.4) is 0 Å². The molecule has 0 heterocycles. The molecular weight excluding hydrogens is 320 g/mol. The zero-order valence-electron chi connectivity index (χ0n) is 12.5. The lowest BCUT2D eigenvalue weighted by Crippen LogP contribution is -2.42. The normalized spacial score (nSPS) is 11.0. The van der Waals surface area contributed by atoms with E-state index in [1.165, 1.54) is 26.3 Å². The monoisotopic (exact) mass is 336 g/mol. The zero-order valence-corrected chi connectivity index (χ0v) is 12.5. The number of likely N-dealkylation sites (N-methyl/N-ethyl adjacent to an activating group) is 1. The van der Waals surface area contributed by atoms with E-state index in [2.05, 4.69) is 0 Å². The number of amides is 2. The fourth-order valence-electron chi connectivity index (χ4n) is 1.69. The van der Waals surface area contributed by atoms with Crippen LogP contribution in [-0.2, 0) is 16.0 Å². The lowest BCUT2D eigenvalue weighted by atomic mass is 10.1. The molecule has 9 heteroatoms. The third kappa shape index (κ3) is 6.54. The van der Waals surface area contributed by atoms with E-state index in [4.69, 9.17) is 4.74 Å². The summed E-state index contributed by atoms with van der Waals surface area (Å²) in [4.78, 5) is 24.2. The largest absolute Gasteiger partial charge is 0.494 e. The third-order valence-electron chi connectivity index (χ3n) is 2.86. The fraction of sp³-hybridized carbons (Fsp3) is 0.429. The molecule has 1 aromatic rings. The Morgan fingerprint density at radius 3 is 2.48 bits per heavy atom. The standard InChI is InChI=1S/C14H16F4N2O3/c1-20(7-12(21)19-8-14(16,17)18)13(22)6-9-3-4-11(23-2)10(15)5-9/h3-5H,6-8H2,1-2H3,(H,19,21). The van der Waals surface area contributed by atoms with Crippen molar-refractivity contribution < 1.29 is 31.9 Å². The van der Waals surface area contributed by atoms with Gasteiger partial charge in [-0.25, -0.2) is 4.39 Å². The fourth-order valence-corrected chi connectivity index (χ4v) is 1.69. The van der Waals surface area contributed by atoms with Crippen molar-refractivity contribution in [2.75, 3.05) is 27.2 Å². The summed E-state index contributed by atoms with van der Waals surface area (Å²) < 4.78 is 54.1. The van der Waals surface area contributed by atoms with Gasteiger partial charge in [-0.2, -0.15) is 13.2 Å². The van der Waals surface area contributed by atoms with Crippen LogP contribution >= 0.6 is 0 Å². The molecule has 0 aliphatic heterocycles. The van der Waals surface area contributed by atoms with E-state index >= 15 is 0 Å². The molecule has 0 atom stereocenters. The Morgan fingerprint density at radius 1 is 1.30 bits per heavy atom. The van der Waals surface area contributed by atoms with Crippen LogP contribution in [-0.4, -0.2) is 50.1 Å². The minimum absolute atomic E-state index is 0.0288. The Labute approximate surface area is 130 Å². The third-order valence-corrected chi connectivity index (χ3v) is 2.86. The van der Waals surface area contributed by atoms with E-state index in [0.29, 0.717) is 5.56 Å². The second kappa shape index (κ2) is 7.80. The number of nitrogens with zero attached hydrogens (tertiary/aromatic N) is 1. The summed E-state index contributed by atoms with van der Waals surface area (Å²) in [6.07, 6.45) is -4.71. The average Bonchev–Trinajstić information content (AvgIpc) is 2.44. The summed E-state index contributed by atoms with van der Waals surface area (Å²) in [7, 11) is 2.58. The number of benzene rings is 1. The number of alkyl halides is 3. The zero-order chi connectivity index (χ0) is 17.6. The summed E-state index contributed by atoms with van der Waals surface area (Å²) in [5.74, 6) is -2.07. The molecule has 0 radical (unpaired) electrons. The minimum atomic E-state index is -4.52. The molecule has 5 nitrogen and oxygen atoms in total. The van der Waals surface area contributed by atoms with Crippen molar-refractivity contribution in [1.29, 1.82) is 0 Å². The van der Waals surface area contributed by atoms with E-state index in [9.17, 15) is 27.2 Å². The van der Waals surface area contributed by atoms with Gasteiger partial charge in [-0.05, 0) is 17.7 Å². The maximum Gasteiger partial charge on any atom is 0.405 e. The summed E-state index contributed by atoms with van der Waals surface area (Å²) in [6.45, 7) is -1.98. The number of hydrogen-bond acceptors (Lipinski definition) is 3. The van der Waals surface area contributed by atoms with Gasteiger partial charge in [-0.15, -0.1) is 0 Å². The SMILES string of the molecule is COc1ccc(CC(=O)N(C)CC(=O)NCC(F)(F)F)cc1F. The molecule has 0 spiro atoms. The van der Waals surface area contributed by atoms with Gasteiger partial charge in [0.15, 0.2) is 11.6 Å². The quantitative estimate of drug-likeness (QED) is 0.801. The lowest BCUT2D eigenvalue weighted by Gasteiger charge is -2.17. The Morgan fingerprint density at radius 2 is 1.96 bits per heavy atom. The van der Waals surface area contributed by atoms with Crippen molar-refractivity contribution >= 4 is 11.8 Å². The summed E-state index contributed by atoms with van der Waals surface area (Å²) >= 11 is 0. The van der Waals surface area contributed by atoms with Crippen molar-refractivity contribution in [3.05, 3.63) is 29.6 Å². The van der Waals surface area contributed by atoms with Crippen LogP contribution in [0.1, 0.15) is 5.56 Å². The first kappa shape index (κ1) is 18.7. The van der Waals surface area contributed by atoms with E-state index < -0.39 is 36.9 Å². The van der Waals surface area contributed by atoms with Crippen LogP contribution in [0, 0.1) is 5.82 Å². The smallest absolute Gasteiger partial charge is 0.405 e. The Balaban J connectivity index is 2.54. The van der Waals surface area contributed by atoms with Crippen molar-refractivity contribution in [2.24, 2.45) is 0 Å². The van der Waals surface area contributed by atoms with Crippen LogP contribution in [0.2, 0.25) is 0 Å². The van der Waals surface area contributed by atoms with Crippen LogP contribution in [0.15, 0.2) is 18.2 Å². The first-order valence-electron chi connectivity index (χ1n) is 6.52. The van der Waals surface area contributed by atoms with Gasteiger partial charge in [-0.3, -0.25) is 9.59 Å². The lowest BCUT2D eigenvalue weighted by molar-refractivity contribution is -0.141. The van der Waals surface area contributed by atoms with E-state index in [1.54, 1.807) is 5.32 Å². The van der Waals surface area contributed by atoms with Crippen LogP contribution in [0.25, 0.3) is 0 Å². The Hall–Kier alpha value is -2.32. The maximum absolute atomic E-state index is 13.5. The second-order valence-electron chi connectivity index (χ2n) is 4.79. The highest BCUT2D eigenvalue weighted by atomic mass is 19.4. The molecule has 0 aliphatic carbocycles. The number of carbonyl (C=O) groups excluding carboxylic acids is 2. The molecule has 1 rings (SSSR count). The molecule has 0 saturated carbocycles. The topological polar surface area (TPSA) is 58.6 Å². The van der Waals surface area contributed by atoms with Crippen molar-refractivity contribution in [2.45, 2.75) is 12.6 Å². The maximum atomic E-state index is 13.5. The highest BCUT2D eigenvalue weighted by molar-refractivity contribution is 5.85. The molecule has 1 N–H and O–H groups in total. The molecule has 0 fully saturated rings. The molecular formula is C14H16F4N2O3. The number of halogens is 4. The van der Waals surface area contributed by atoms with Gasteiger partial charge < -0.3 is 15.0 Å². The molecule has 0 unspecified atom stereocenters. The highest BCUT2D eigenvalue weighted by Gasteiger charge is 2.28. The number of methoxy groups -OCH3 is 1. The first-order valence-corrected chi connectivity index (χ1v) is 6.52. The summed E-state index contributed by atoms with van der Waals surface area (Å²) in [5.41, 5.74) is 0.357. The molecule has 128 valence electrons. The predicted octanol–water partition coefficient (Wildman–Crippen LogP) is 1.51. The highest BCUT2D eigenvalue weighted by Crippen LogP contribution is 2.18. The first-order chi connectivity index (χ1) is 10.6. The summed E-state index contributed by atoms with van der Waals surface area (Å²) in [5, 5.41) is 1.66. The summed E-state index contributed by atoms with van der Waals surface area (Å²) in [6, 6.07) is 3.96. The van der Waals surface area contributed by atoms with Gasteiger partial charge in [0, 0.05) is 7.05 Å². The molecule has 0 bridgehead atoms. The number of hydrogen-bond donors (Lipinski definition) is 1. The Kier molecular flexibility index (Phi) is 6.35. The van der Waals surface area contributed by atoms with Crippen molar-refractivity contribution in [3.8, 4) is 5.75 Å². The average molecular weight is 336 g/mol. The van der Waals surface area contributed by atoms with Gasteiger partial charge in [0.2, 0.25) is 11.8 Å². The molecule has 0 aromatic heterocycles. The van der Waals surface area contributed by atoms with Gasteiger partial charge in [0.25, 0.3) is 0 Å². The molecule has 0 saturated heterocycles. The Bertz CT molecular complexity index is 576. The van der Waals surface area contributed by atoms with Crippen LogP contribution in [0.5, 0.6) is 5.75 Å². The van der Waals surface area contributed by atoms with Gasteiger partial charge >= 0.3 is 6.18 Å². The second-order valence-corrected chi connectivity index (χ2v) is 4.79.